The number of halogens is 3. The number of nitrogens with one attached hydrogen (secondary N) is 1. The summed E-state index contributed by atoms with van der Waals surface area (Å²) >= 11 is 0. The highest BCUT2D eigenvalue weighted by Gasteiger charge is 2.58. The molecule has 1 aromatic heterocycles. The number of nitrogens with zero attached hydrogens (tertiary/aromatic N) is 2. The number of alkyl halides is 3. The molecule has 1 heterocycles. The van der Waals surface area contributed by atoms with Crippen LogP contribution in [0.5, 0.6) is 0 Å². The molecule has 0 aliphatic carbocycles. The van der Waals surface area contributed by atoms with Crippen LogP contribution in [0.4, 0.5) is 13.2 Å². The van der Waals surface area contributed by atoms with Crippen molar-refractivity contribution >= 4 is 11.8 Å². The Bertz CT molecular complexity index is 819. The van der Waals surface area contributed by atoms with Gasteiger partial charge in [-0.15, -0.1) is 0 Å². The van der Waals surface area contributed by atoms with Gasteiger partial charge in [0.05, 0.1) is 6.42 Å². The summed E-state index contributed by atoms with van der Waals surface area (Å²) in [5.74, 6) is -2.38. The molecule has 0 aliphatic rings. The Balaban J connectivity index is 2.13. The average molecular weight is 370 g/mol. The standard InChI is InChI=1S/C16H17F3N4O3/c1-23-6-5-21-14(23)15(26,16(17,18)19)8-12(24)22-9-10-3-2-4-11(7-10)13(20)25/h2-7,26H,8-9H2,1H3,(H2,20,25)(H,22,24). The molecule has 0 spiro atoms. The lowest BCUT2D eigenvalue weighted by Crippen LogP contribution is -2.47. The molecule has 2 aromatic rings. The molecule has 2 rings (SSSR count). The molecule has 0 saturated heterocycles. The predicted molar refractivity (Wildman–Crippen MR) is 84.6 cm³/mol. The summed E-state index contributed by atoms with van der Waals surface area (Å²) in [6.07, 6.45) is -4.02. The number of benzene rings is 1. The van der Waals surface area contributed by atoms with E-state index in [0.29, 0.717) is 5.56 Å². The third kappa shape index (κ3) is 4.02. The number of hydrogen-bond acceptors (Lipinski definition) is 4. The first-order valence-electron chi connectivity index (χ1n) is 7.47. The van der Waals surface area contributed by atoms with Crippen LogP contribution in [0.3, 0.4) is 0 Å². The van der Waals surface area contributed by atoms with Gasteiger partial charge in [0, 0.05) is 31.5 Å². The van der Waals surface area contributed by atoms with Crippen LogP contribution in [0.2, 0.25) is 0 Å². The highest BCUT2D eigenvalue weighted by Crippen LogP contribution is 2.40. The minimum absolute atomic E-state index is 0.131. The van der Waals surface area contributed by atoms with Gasteiger partial charge < -0.3 is 20.7 Å². The van der Waals surface area contributed by atoms with Crippen LogP contribution >= 0.6 is 0 Å². The number of primary amides is 1. The molecule has 0 saturated carbocycles. The fourth-order valence-corrected chi connectivity index (χ4v) is 2.40. The highest BCUT2D eigenvalue weighted by atomic mass is 19.4. The number of hydrogen-bond donors (Lipinski definition) is 3. The Hall–Kier alpha value is -2.88. The lowest BCUT2D eigenvalue weighted by atomic mass is 9.97. The van der Waals surface area contributed by atoms with Gasteiger partial charge in [0.15, 0.2) is 5.82 Å². The average Bonchev–Trinajstić information content (AvgIpc) is 2.98. The Kier molecular flexibility index (Phi) is 5.36. The lowest BCUT2D eigenvalue weighted by molar-refractivity contribution is -0.271. The minimum atomic E-state index is -5.10. The van der Waals surface area contributed by atoms with E-state index in [1.54, 1.807) is 6.07 Å². The third-order valence-electron chi connectivity index (χ3n) is 3.78. The van der Waals surface area contributed by atoms with E-state index in [1.165, 1.54) is 31.4 Å². The van der Waals surface area contributed by atoms with Gasteiger partial charge in [-0.25, -0.2) is 4.98 Å². The largest absolute Gasteiger partial charge is 0.425 e. The van der Waals surface area contributed by atoms with Crippen LogP contribution < -0.4 is 11.1 Å². The zero-order chi connectivity index (χ0) is 19.5. The monoisotopic (exact) mass is 370 g/mol. The second kappa shape index (κ2) is 7.16. The summed E-state index contributed by atoms with van der Waals surface area (Å²) < 4.78 is 41.1. The van der Waals surface area contributed by atoms with E-state index in [1.807, 2.05) is 0 Å². The zero-order valence-corrected chi connectivity index (χ0v) is 13.7. The van der Waals surface area contributed by atoms with Gasteiger partial charge in [-0.05, 0) is 17.7 Å². The Morgan fingerprint density at radius 1 is 1.35 bits per heavy atom. The van der Waals surface area contributed by atoms with E-state index < -0.39 is 35.8 Å². The fraction of sp³-hybridized carbons (Fsp3) is 0.312. The Morgan fingerprint density at radius 3 is 2.58 bits per heavy atom. The first kappa shape index (κ1) is 19.4. The second-order valence-electron chi connectivity index (χ2n) is 5.74. The van der Waals surface area contributed by atoms with Crippen molar-refractivity contribution in [2.75, 3.05) is 0 Å². The number of aromatic nitrogens is 2. The quantitative estimate of drug-likeness (QED) is 0.704. The lowest BCUT2D eigenvalue weighted by Gasteiger charge is -2.29. The normalized spacial score (nSPS) is 13.9. The molecule has 0 bridgehead atoms. The molecule has 0 fully saturated rings. The smallest absolute Gasteiger partial charge is 0.374 e. The summed E-state index contributed by atoms with van der Waals surface area (Å²) in [6.45, 7) is -0.131. The van der Waals surface area contributed by atoms with E-state index in [2.05, 4.69) is 10.3 Å². The number of imidazole rings is 1. The van der Waals surface area contributed by atoms with Crippen LogP contribution in [0, 0.1) is 0 Å². The molecular weight excluding hydrogens is 353 g/mol. The van der Waals surface area contributed by atoms with Crippen LogP contribution in [0.1, 0.15) is 28.2 Å². The van der Waals surface area contributed by atoms with Crippen molar-refractivity contribution in [3.05, 3.63) is 53.6 Å². The van der Waals surface area contributed by atoms with Crippen LogP contribution in [0.15, 0.2) is 36.7 Å². The molecule has 10 heteroatoms. The van der Waals surface area contributed by atoms with Gasteiger partial charge in [-0.2, -0.15) is 13.2 Å². The van der Waals surface area contributed by atoms with E-state index in [-0.39, 0.29) is 12.1 Å². The molecule has 4 N–H and O–H groups in total. The number of amides is 2. The van der Waals surface area contributed by atoms with Gasteiger partial charge in [-0.1, -0.05) is 12.1 Å². The molecule has 1 unspecified atom stereocenters. The van der Waals surface area contributed by atoms with Gasteiger partial charge in [-0.3, -0.25) is 9.59 Å². The maximum absolute atomic E-state index is 13.4. The number of aliphatic hydroxyl groups is 1. The van der Waals surface area contributed by atoms with E-state index in [9.17, 15) is 27.9 Å². The number of nitrogens with two attached hydrogens (primary N) is 1. The molecule has 1 aromatic carbocycles. The van der Waals surface area contributed by atoms with Crippen LogP contribution in [-0.4, -0.2) is 32.6 Å². The molecule has 7 nitrogen and oxygen atoms in total. The molecule has 26 heavy (non-hydrogen) atoms. The van der Waals surface area contributed by atoms with Gasteiger partial charge in [0.25, 0.3) is 0 Å². The minimum Gasteiger partial charge on any atom is -0.374 e. The molecular formula is C16H17F3N4O3. The predicted octanol–water partition coefficient (Wildman–Crippen LogP) is 0.975. The highest BCUT2D eigenvalue weighted by molar-refractivity contribution is 5.92. The SMILES string of the molecule is Cn1ccnc1C(O)(CC(=O)NCc1cccc(C(N)=O)c1)C(F)(F)F. The van der Waals surface area contributed by atoms with Crippen molar-refractivity contribution in [2.24, 2.45) is 12.8 Å². The van der Waals surface area contributed by atoms with Crippen LogP contribution in [0.25, 0.3) is 0 Å². The van der Waals surface area contributed by atoms with Crippen molar-refractivity contribution < 1.29 is 27.9 Å². The maximum atomic E-state index is 13.4. The summed E-state index contributed by atoms with van der Waals surface area (Å²) in [4.78, 5) is 26.6. The summed E-state index contributed by atoms with van der Waals surface area (Å²) in [7, 11) is 1.28. The molecule has 1 atom stereocenters. The van der Waals surface area contributed by atoms with Crippen molar-refractivity contribution in [1.82, 2.24) is 14.9 Å². The fourth-order valence-electron chi connectivity index (χ4n) is 2.40. The third-order valence-corrected chi connectivity index (χ3v) is 3.78. The second-order valence-corrected chi connectivity index (χ2v) is 5.74. The summed E-state index contributed by atoms with van der Waals surface area (Å²) in [5.41, 5.74) is 2.40. The van der Waals surface area contributed by atoms with E-state index in [4.69, 9.17) is 5.73 Å². The van der Waals surface area contributed by atoms with Gasteiger partial charge in [0.2, 0.25) is 17.4 Å². The number of carbonyl (C=O) groups is 2. The Labute approximate surface area is 146 Å². The van der Waals surface area contributed by atoms with Crippen molar-refractivity contribution in [1.29, 1.82) is 0 Å². The molecule has 140 valence electrons. The number of carbonyl (C=O) groups excluding carboxylic acids is 2. The number of rotatable bonds is 6. The van der Waals surface area contributed by atoms with Crippen molar-refractivity contribution in [3.63, 3.8) is 0 Å². The van der Waals surface area contributed by atoms with Gasteiger partial charge >= 0.3 is 6.18 Å². The van der Waals surface area contributed by atoms with Crippen molar-refractivity contribution in [2.45, 2.75) is 24.7 Å². The van der Waals surface area contributed by atoms with Gasteiger partial charge in [0.1, 0.15) is 0 Å². The molecule has 0 radical (unpaired) electrons. The number of aryl methyl sites for hydroxylation is 1. The van der Waals surface area contributed by atoms with E-state index >= 15 is 0 Å². The first-order chi connectivity index (χ1) is 12.0. The topological polar surface area (TPSA) is 110 Å². The molecule has 2 amide bonds. The zero-order valence-electron chi connectivity index (χ0n) is 13.7. The van der Waals surface area contributed by atoms with Crippen molar-refractivity contribution in [3.8, 4) is 0 Å². The Morgan fingerprint density at radius 2 is 2.04 bits per heavy atom. The summed E-state index contributed by atoms with van der Waals surface area (Å²) in [6, 6.07) is 5.98. The van der Waals surface area contributed by atoms with Crippen LogP contribution in [-0.2, 0) is 24.0 Å². The van der Waals surface area contributed by atoms with E-state index in [0.717, 1.165) is 10.8 Å². The summed E-state index contributed by atoms with van der Waals surface area (Å²) in [5, 5.41) is 12.4. The maximum Gasteiger partial charge on any atom is 0.425 e. The first-order valence-corrected chi connectivity index (χ1v) is 7.47. The molecule has 0 aliphatic heterocycles.